The normalized spacial score (nSPS) is 10.5. The van der Waals surface area contributed by atoms with Crippen LogP contribution in [-0.2, 0) is 11.3 Å². The fraction of sp³-hybridized carbons (Fsp3) is 0.167. The third-order valence-corrected chi connectivity index (χ3v) is 3.72. The molecule has 3 aromatic rings. The maximum atomic E-state index is 12.3. The van der Waals surface area contributed by atoms with E-state index in [1.54, 1.807) is 28.8 Å². The number of carbonyl (C=O) groups is 2. The summed E-state index contributed by atoms with van der Waals surface area (Å²) < 4.78 is 11.7. The smallest absolute Gasteiger partial charge is 0.341 e. The second-order valence-electron chi connectivity index (χ2n) is 5.30. The van der Waals surface area contributed by atoms with Crippen LogP contribution in [-0.4, -0.2) is 35.5 Å². The van der Waals surface area contributed by atoms with E-state index in [1.807, 2.05) is 24.4 Å². The average Bonchev–Trinajstić information content (AvgIpc) is 3.09. The third-order valence-electron chi connectivity index (χ3n) is 3.72. The number of rotatable bonds is 5. The molecular formula is C18H17N3O4. The van der Waals surface area contributed by atoms with Gasteiger partial charge in [0.05, 0.1) is 14.2 Å². The van der Waals surface area contributed by atoms with Crippen molar-refractivity contribution < 1.29 is 19.1 Å². The number of fused-ring (bicyclic) bond motifs is 1. The first-order valence-corrected chi connectivity index (χ1v) is 7.59. The predicted molar refractivity (Wildman–Crippen MR) is 90.7 cm³/mol. The van der Waals surface area contributed by atoms with Gasteiger partial charge in [-0.25, -0.2) is 9.78 Å². The van der Waals surface area contributed by atoms with E-state index in [2.05, 4.69) is 10.3 Å². The van der Waals surface area contributed by atoms with Crippen LogP contribution in [0, 0.1) is 0 Å². The summed E-state index contributed by atoms with van der Waals surface area (Å²) in [7, 11) is 2.78. The van der Waals surface area contributed by atoms with Gasteiger partial charge in [0.2, 0.25) is 0 Å². The number of aromatic nitrogens is 2. The zero-order chi connectivity index (χ0) is 17.8. The van der Waals surface area contributed by atoms with E-state index in [0.717, 1.165) is 5.56 Å². The highest BCUT2D eigenvalue weighted by Gasteiger charge is 2.15. The van der Waals surface area contributed by atoms with Crippen LogP contribution < -0.4 is 10.1 Å². The van der Waals surface area contributed by atoms with E-state index in [4.69, 9.17) is 9.47 Å². The lowest BCUT2D eigenvalue weighted by Gasteiger charge is -2.09. The number of carbonyl (C=O) groups excluding carboxylic acids is 2. The summed E-state index contributed by atoms with van der Waals surface area (Å²) in [5.74, 6) is -0.369. The summed E-state index contributed by atoms with van der Waals surface area (Å²) in [6.07, 6.45) is 3.49. The van der Waals surface area contributed by atoms with Gasteiger partial charge in [-0.05, 0) is 29.8 Å². The molecule has 7 nitrogen and oxygen atoms in total. The monoisotopic (exact) mass is 339 g/mol. The molecule has 0 radical (unpaired) electrons. The van der Waals surface area contributed by atoms with Crippen molar-refractivity contribution in [1.82, 2.24) is 14.7 Å². The van der Waals surface area contributed by atoms with Crippen molar-refractivity contribution in [2.24, 2.45) is 0 Å². The highest BCUT2D eigenvalue weighted by atomic mass is 16.5. The Morgan fingerprint density at radius 1 is 1.20 bits per heavy atom. The second kappa shape index (κ2) is 7.04. The molecule has 1 amide bonds. The molecule has 2 aromatic heterocycles. The SMILES string of the molecule is COC(=O)c1cc(CNC(=O)c2cn3ccccc3n2)ccc1OC. The Kier molecular flexibility index (Phi) is 4.65. The second-order valence-corrected chi connectivity index (χ2v) is 5.30. The predicted octanol–water partition coefficient (Wildman–Crippen LogP) is 2.06. The molecule has 0 spiro atoms. The summed E-state index contributed by atoms with van der Waals surface area (Å²) >= 11 is 0. The first-order chi connectivity index (χ1) is 12.1. The molecule has 25 heavy (non-hydrogen) atoms. The number of hydrogen-bond donors (Lipinski definition) is 1. The van der Waals surface area contributed by atoms with Crippen LogP contribution in [0.4, 0.5) is 0 Å². The fourth-order valence-corrected chi connectivity index (χ4v) is 2.45. The summed E-state index contributed by atoms with van der Waals surface area (Å²) in [6, 6.07) is 10.6. The van der Waals surface area contributed by atoms with Crippen molar-refractivity contribution in [3.05, 3.63) is 65.6 Å². The van der Waals surface area contributed by atoms with Crippen molar-refractivity contribution in [3.63, 3.8) is 0 Å². The Morgan fingerprint density at radius 3 is 2.76 bits per heavy atom. The van der Waals surface area contributed by atoms with Gasteiger partial charge in [-0.1, -0.05) is 12.1 Å². The first kappa shape index (κ1) is 16.5. The Balaban J connectivity index is 1.74. The molecule has 1 N–H and O–H groups in total. The van der Waals surface area contributed by atoms with Crippen LogP contribution in [0.15, 0.2) is 48.8 Å². The Bertz CT molecular complexity index is 900. The van der Waals surface area contributed by atoms with Gasteiger partial charge in [-0.3, -0.25) is 4.79 Å². The lowest BCUT2D eigenvalue weighted by molar-refractivity contribution is 0.0597. The Labute approximate surface area is 144 Å². The lowest BCUT2D eigenvalue weighted by Crippen LogP contribution is -2.23. The largest absolute Gasteiger partial charge is 0.496 e. The van der Waals surface area contributed by atoms with Gasteiger partial charge in [0.25, 0.3) is 5.91 Å². The molecule has 2 heterocycles. The topological polar surface area (TPSA) is 81.9 Å². The molecule has 0 saturated carbocycles. The van der Waals surface area contributed by atoms with Crippen molar-refractivity contribution in [2.45, 2.75) is 6.54 Å². The van der Waals surface area contributed by atoms with Gasteiger partial charge < -0.3 is 19.2 Å². The van der Waals surface area contributed by atoms with Gasteiger partial charge in [0.1, 0.15) is 22.7 Å². The molecule has 0 unspecified atom stereocenters. The standard InChI is InChI=1S/C18H17N3O4/c1-24-15-7-6-12(9-13(15)18(23)25-2)10-19-17(22)14-11-21-8-4-3-5-16(21)20-14/h3-9,11H,10H2,1-2H3,(H,19,22). The number of nitrogens with zero attached hydrogens (tertiary/aromatic N) is 2. The minimum Gasteiger partial charge on any atom is -0.496 e. The molecule has 0 aliphatic rings. The van der Waals surface area contributed by atoms with Crippen LogP contribution in [0.2, 0.25) is 0 Å². The molecule has 0 bridgehead atoms. The van der Waals surface area contributed by atoms with E-state index in [9.17, 15) is 9.59 Å². The average molecular weight is 339 g/mol. The van der Waals surface area contributed by atoms with Gasteiger partial charge >= 0.3 is 5.97 Å². The summed E-state index contributed by atoms with van der Waals surface area (Å²) in [5, 5.41) is 2.79. The number of pyridine rings is 1. The van der Waals surface area contributed by atoms with E-state index < -0.39 is 5.97 Å². The molecule has 0 saturated heterocycles. The van der Waals surface area contributed by atoms with E-state index in [0.29, 0.717) is 22.7 Å². The number of nitrogens with one attached hydrogen (secondary N) is 1. The van der Waals surface area contributed by atoms with Crippen LogP contribution in [0.3, 0.4) is 0 Å². The minimum atomic E-state index is -0.495. The highest BCUT2D eigenvalue weighted by Crippen LogP contribution is 2.20. The molecule has 128 valence electrons. The maximum Gasteiger partial charge on any atom is 0.341 e. The van der Waals surface area contributed by atoms with Crippen molar-refractivity contribution in [3.8, 4) is 5.75 Å². The number of esters is 1. The number of hydrogen-bond acceptors (Lipinski definition) is 5. The zero-order valence-electron chi connectivity index (χ0n) is 13.9. The van der Waals surface area contributed by atoms with Gasteiger partial charge in [-0.15, -0.1) is 0 Å². The van der Waals surface area contributed by atoms with Crippen LogP contribution >= 0.6 is 0 Å². The molecular weight excluding hydrogens is 322 g/mol. The number of benzene rings is 1. The number of amides is 1. The van der Waals surface area contributed by atoms with Crippen molar-refractivity contribution in [1.29, 1.82) is 0 Å². The first-order valence-electron chi connectivity index (χ1n) is 7.59. The van der Waals surface area contributed by atoms with Crippen LogP contribution in [0.1, 0.15) is 26.4 Å². The number of imidazole rings is 1. The van der Waals surface area contributed by atoms with Crippen molar-refractivity contribution in [2.75, 3.05) is 14.2 Å². The minimum absolute atomic E-state index is 0.251. The van der Waals surface area contributed by atoms with E-state index in [1.165, 1.54) is 14.2 Å². The number of ether oxygens (including phenoxy) is 2. The summed E-state index contributed by atoms with van der Waals surface area (Å²) in [5.41, 5.74) is 2.08. The molecule has 7 heteroatoms. The highest BCUT2D eigenvalue weighted by molar-refractivity contribution is 5.93. The molecule has 1 aromatic carbocycles. The molecule has 0 atom stereocenters. The molecule has 0 aliphatic carbocycles. The number of methoxy groups -OCH3 is 2. The summed E-state index contributed by atoms with van der Waals surface area (Å²) in [4.78, 5) is 28.4. The van der Waals surface area contributed by atoms with Gasteiger partial charge in [-0.2, -0.15) is 0 Å². The lowest BCUT2D eigenvalue weighted by atomic mass is 10.1. The molecule has 0 aliphatic heterocycles. The quantitative estimate of drug-likeness (QED) is 0.720. The Morgan fingerprint density at radius 2 is 2.04 bits per heavy atom. The zero-order valence-corrected chi connectivity index (χ0v) is 13.9. The van der Waals surface area contributed by atoms with Gasteiger partial charge in [0.15, 0.2) is 0 Å². The third kappa shape index (κ3) is 3.45. The Hall–Kier alpha value is -3.35. The molecule has 3 rings (SSSR count). The van der Waals surface area contributed by atoms with Crippen LogP contribution in [0.25, 0.3) is 5.65 Å². The summed E-state index contributed by atoms with van der Waals surface area (Å²) in [6.45, 7) is 0.251. The fourth-order valence-electron chi connectivity index (χ4n) is 2.45. The van der Waals surface area contributed by atoms with Gasteiger partial charge in [0, 0.05) is 18.9 Å². The van der Waals surface area contributed by atoms with Crippen LogP contribution in [0.5, 0.6) is 5.75 Å². The molecule has 0 fully saturated rings. The van der Waals surface area contributed by atoms with E-state index in [-0.39, 0.29) is 12.5 Å². The maximum absolute atomic E-state index is 12.3. The van der Waals surface area contributed by atoms with Crippen molar-refractivity contribution >= 4 is 17.5 Å². The van der Waals surface area contributed by atoms with E-state index >= 15 is 0 Å².